The Labute approximate surface area is 100 Å². The quantitative estimate of drug-likeness (QED) is 0.752. The van der Waals surface area contributed by atoms with Gasteiger partial charge in [-0.3, -0.25) is 9.69 Å². The maximum Gasteiger partial charge on any atom is 0.323 e. The fourth-order valence-corrected chi connectivity index (χ4v) is 2.90. The largest absolute Gasteiger partial charge is 0.468 e. The maximum absolute atomic E-state index is 11.5. The molecule has 2 heterocycles. The third-order valence-corrected chi connectivity index (χ3v) is 4.00. The van der Waals surface area contributed by atoms with Gasteiger partial charge in [0, 0.05) is 11.4 Å². The van der Waals surface area contributed by atoms with Crippen molar-refractivity contribution in [1.82, 2.24) is 4.90 Å². The predicted molar refractivity (Wildman–Crippen MR) is 64.6 cm³/mol. The van der Waals surface area contributed by atoms with E-state index in [1.54, 1.807) is 11.3 Å². The minimum absolute atomic E-state index is 0.00929. The molecule has 2 rings (SSSR count). The smallest absolute Gasteiger partial charge is 0.323 e. The van der Waals surface area contributed by atoms with E-state index in [0.717, 1.165) is 32.4 Å². The van der Waals surface area contributed by atoms with E-state index in [0.29, 0.717) is 0 Å². The second kappa shape index (κ2) is 5.46. The number of likely N-dealkylation sites (tertiary alicyclic amines) is 1. The maximum atomic E-state index is 11.5. The van der Waals surface area contributed by atoms with Crippen molar-refractivity contribution in [3.63, 3.8) is 0 Å². The monoisotopic (exact) mass is 239 g/mol. The lowest BCUT2D eigenvalue weighted by molar-refractivity contribution is -0.145. The number of methoxy groups -OCH3 is 1. The molecule has 0 aromatic carbocycles. The average molecular weight is 239 g/mol. The Bertz CT molecular complexity index is 337. The fraction of sp³-hybridized carbons (Fsp3) is 0.583. The summed E-state index contributed by atoms with van der Waals surface area (Å²) >= 11 is 1.78. The lowest BCUT2D eigenvalue weighted by Gasteiger charge is -2.21. The first-order valence-electron chi connectivity index (χ1n) is 5.65. The van der Waals surface area contributed by atoms with Crippen LogP contribution in [0.3, 0.4) is 0 Å². The molecular weight excluding hydrogens is 222 g/mol. The third-order valence-electron chi connectivity index (χ3n) is 3.06. The van der Waals surface area contributed by atoms with Crippen molar-refractivity contribution in [3.8, 4) is 0 Å². The van der Waals surface area contributed by atoms with Crippen LogP contribution in [0.15, 0.2) is 17.5 Å². The molecule has 0 saturated carbocycles. The lowest BCUT2D eigenvalue weighted by atomic mass is 10.2. The first-order valence-corrected chi connectivity index (χ1v) is 6.53. The normalized spacial score (nSPS) is 21.2. The number of carbonyl (C=O) groups is 1. The molecule has 0 amide bonds. The van der Waals surface area contributed by atoms with Crippen LogP contribution in [0.1, 0.15) is 17.7 Å². The highest BCUT2D eigenvalue weighted by Crippen LogP contribution is 2.19. The molecule has 1 saturated heterocycles. The molecule has 16 heavy (non-hydrogen) atoms. The summed E-state index contributed by atoms with van der Waals surface area (Å²) in [6.07, 6.45) is 3.08. The van der Waals surface area contributed by atoms with Gasteiger partial charge in [0.15, 0.2) is 0 Å². The Morgan fingerprint density at radius 2 is 2.56 bits per heavy atom. The Hall–Kier alpha value is -0.870. The van der Waals surface area contributed by atoms with Gasteiger partial charge in [-0.05, 0) is 37.3 Å². The number of ether oxygens (including phenoxy) is 1. The fourth-order valence-electron chi connectivity index (χ4n) is 2.21. The van der Waals surface area contributed by atoms with Gasteiger partial charge in [-0.25, -0.2) is 0 Å². The molecule has 4 heteroatoms. The summed E-state index contributed by atoms with van der Waals surface area (Å²) in [7, 11) is 1.47. The van der Waals surface area contributed by atoms with Gasteiger partial charge in [0.2, 0.25) is 0 Å². The summed E-state index contributed by atoms with van der Waals surface area (Å²) in [5, 5.41) is 2.09. The van der Waals surface area contributed by atoms with E-state index in [1.807, 2.05) is 0 Å². The van der Waals surface area contributed by atoms with Crippen LogP contribution in [0.4, 0.5) is 0 Å². The van der Waals surface area contributed by atoms with Gasteiger partial charge in [-0.15, -0.1) is 11.3 Å². The molecule has 0 N–H and O–H groups in total. The second-order valence-corrected chi connectivity index (χ2v) is 5.08. The van der Waals surface area contributed by atoms with Gasteiger partial charge >= 0.3 is 5.97 Å². The minimum atomic E-state index is -0.0799. The molecule has 0 spiro atoms. The lowest BCUT2D eigenvalue weighted by Crippen LogP contribution is -2.37. The Kier molecular flexibility index (Phi) is 3.96. The SMILES string of the molecule is COC(=O)C1CCCN1CCc1cccs1. The highest BCUT2D eigenvalue weighted by atomic mass is 32.1. The van der Waals surface area contributed by atoms with Crippen LogP contribution in [0, 0.1) is 0 Å². The molecule has 88 valence electrons. The molecule has 1 atom stereocenters. The van der Waals surface area contributed by atoms with Gasteiger partial charge in [0.05, 0.1) is 7.11 Å². The summed E-state index contributed by atoms with van der Waals surface area (Å²) in [5.41, 5.74) is 0. The summed E-state index contributed by atoms with van der Waals surface area (Å²) in [6, 6.07) is 4.21. The van der Waals surface area contributed by atoms with Gasteiger partial charge in [-0.1, -0.05) is 6.07 Å². The Balaban J connectivity index is 1.86. The molecular formula is C12H17NO2S. The van der Waals surface area contributed by atoms with Crippen LogP contribution in [0.25, 0.3) is 0 Å². The first kappa shape index (κ1) is 11.6. The third kappa shape index (κ3) is 2.62. The number of thiophene rings is 1. The minimum Gasteiger partial charge on any atom is -0.468 e. The summed E-state index contributed by atoms with van der Waals surface area (Å²) in [6.45, 7) is 1.98. The van der Waals surface area contributed by atoms with Gasteiger partial charge in [0.1, 0.15) is 6.04 Å². The van der Waals surface area contributed by atoms with Crippen LogP contribution in [-0.2, 0) is 16.0 Å². The number of carbonyl (C=O) groups excluding carboxylic acids is 1. The van der Waals surface area contributed by atoms with Crippen LogP contribution >= 0.6 is 11.3 Å². The zero-order chi connectivity index (χ0) is 11.4. The zero-order valence-corrected chi connectivity index (χ0v) is 10.3. The molecule has 0 bridgehead atoms. The van der Waals surface area contributed by atoms with Crippen molar-refractivity contribution in [3.05, 3.63) is 22.4 Å². The Morgan fingerprint density at radius 3 is 3.25 bits per heavy atom. The van der Waals surface area contributed by atoms with Crippen molar-refractivity contribution in [2.75, 3.05) is 20.2 Å². The zero-order valence-electron chi connectivity index (χ0n) is 9.52. The molecule has 0 radical (unpaired) electrons. The summed E-state index contributed by atoms with van der Waals surface area (Å²) < 4.78 is 4.82. The topological polar surface area (TPSA) is 29.5 Å². The highest BCUT2D eigenvalue weighted by molar-refractivity contribution is 7.09. The summed E-state index contributed by atoms with van der Waals surface area (Å²) in [4.78, 5) is 15.2. The van der Waals surface area contributed by atoms with Gasteiger partial charge in [-0.2, -0.15) is 0 Å². The molecule has 1 aromatic heterocycles. The summed E-state index contributed by atoms with van der Waals surface area (Å²) in [5.74, 6) is -0.0799. The number of hydrogen-bond donors (Lipinski definition) is 0. The number of esters is 1. The van der Waals surface area contributed by atoms with Gasteiger partial charge in [0.25, 0.3) is 0 Å². The first-order chi connectivity index (χ1) is 7.81. The Morgan fingerprint density at radius 1 is 1.69 bits per heavy atom. The molecule has 1 aliphatic rings. The van der Waals surface area contributed by atoms with Crippen molar-refractivity contribution >= 4 is 17.3 Å². The molecule has 1 aliphatic heterocycles. The number of hydrogen-bond acceptors (Lipinski definition) is 4. The van der Waals surface area contributed by atoms with E-state index < -0.39 is 0 Å². The van der Waals surface area contributed by atoms with Crippen molar-refractivity contribution in [1.29, 1.82) is 0 Å². The van der Waals surface area contributed by atoms with Crippen molar-refractivity contribution in [2.24, 2.45) is 0 Å². The number of rotatable bonds is 4. The van der Waals surface area contributed by atoms with E-state index in [4.69, 9.17) is 4.74 Å². The van der Waals surface area contributed by atoms with E-state index >= 15 is 0 Å². The molecule has 1 aromatic rings. The molecule has 1 fully saturated rings. The van der Waals surface area contributed by atoms with E-state index in [-0.39, 0.29) is 12.0 Å². The van der Waals surface area contributed by atoms with E-state index in [2.05, 4.69) is 22.4 Å². The average Bonchev–Trinajstić information content (AvgIpc) is 2.96. The van der Waals surface area contributed by atoms with E-state index in [9.17, 15) is 4.79 Å². The second-order valence-electron chi connectivity index (χ2n) is 4.05. The molecule has 1 unspecified atom stereocenters. The van der Waals surface area contributed by atoms with Crippen molar-refractivity contribution < 1.29 is 9.53 Å². The molecule has 0 aliphatic carbocycles. The predicted octanol–water partition coefficient (Wildman–Crippen LogP) is 1.93. The molecule has 3 nitrogen and oxygen atoms in total. The van der Waals surface area contributed by atoms with Crippen molar-refractivity contribution in [2.45, 2.75) is 25.3 Å². The number of nitrogens with zero attached hydrogens (tertiary/aromatic N) is 1. The van der Waals surface area contributed by atoms with Crippen LogP contribution in [-0.4, -0.2) is 37.1 Å². The van der Waals surface area contributed by atoms with E-state index in [1.165, 1.54) is 12.0 Å². The van der Waals surface area contributed by atoms with Crippen LogP contribution < -0.4 is 0 Å². The van der Waals surface area contributed by atoms with Crippen LogP contribution in [0.5, 0.6) is 0 Å². The standard InChI is InChI=1S/C12H17NO2S/c1-15-12(14)11-5-2-7-13(11)8-6-10-4-3-9-16-10/h3-4,9,11H,2,5-8H2,1H3. The van der Waals surface area contributed by atoms with Gasteiger partial charge < -0.3 is 4.74 Å². The van der Waals surface area contributed by atoms with Crippen LogP contribution in [0.2, 0.25) is 0 Å². The highest BCUT2D eigenvalue weighted by Gasteiger charge is 2.30.